The van der Waals surface area contributed by atoms with Gasteiger partial charge in [-0.3, -0.25) is 9.59 Å². The summed E-state index contributed by atoms with van der Waals surface area (Å²) in [7, 11) is 1.85. The maximum absolute atomic E-state index is 12.6. The highest BCUT2D eigenvalue weighted by molar-refractivity contribution is 5.99. The van der Waals surface area contributed by atoms with Gasteiger partial charge in [-0.25, -0.2) is 0 Å². The van der Waals surface area contributed by atoms with Gasteiger partial charge in [0.25, 0.3) is 5.91 Å². The fraction of sp³-hybridized carbons (Fsp3) is 0.556. The van der Waals surface area contributed by atoms with Gasteiger partial charge in [-0.05, 0) is 37.8 Å². The summed E-state index contributed by atoms with van der Waals surface area (Å²) in [4.78, 5) is 26.7. The third-order valence-electron chi connectivity index (χ3n) is 5.46. The molecule has 6 nitrogen and oxygen atoms in total. The number of piperidine rings is 1. The molecule has 2 bridgehead atoms. The van der Waals surface area contributed by atoms with Crippen LogP contribution >= 0.6 is 12.4 Å². The Morgan fingerprint density at radius 1 is 1.24 bits per heavy atom. The van der Waals surface area contributed by atoms with Gasteiger partial charge in [0, 0.05) is 25.2 Å². The number of carbonyl (C=O) groups excluding carboxylic acids is 2. The van der Waals surface area contributed by atoms with E-state index in [0.29, 0.717) is 23.5 Å². The fourth-order valence-corrected chi connectivity index (χ4v) is 4.08. The molecule has 136 valence electrons. The van der Waals surface area contributed by atoms with Crippen LogP contribution in [0, 0.1) is 0 Å². The predicted molar refractivity (Wildman–Crippen MR) is 97.1 cm³/mol. The van der Waals surface area contributed by atoms with E-state index < -0.39 is 6.10 Å². The first-order chi connectivity index (χ1) is 11.6. The Hall–Kier alpha value is -1.79. The molecule has 0 radical (unpaired) electrons. The lowest BCUT2D eigenvalue weighted by molar-refractivity contribution is -0.138. The lowest BCUT2D eigenvalue weighted by Crippen LogP contribution is -2.50. The predicted octanol–water partition coefficient (Wildman–Crippen LogP) is 1.94. The normalized spacial score (nSPS) is 29.7. The molecule has 0 spiro atoms. The molecule has 2 amide bonds. The first-order valence-corrected chi connectivity index (χ1v) is 8.68. The van der Waals surface area contributed by atoms with Gasteiger partial charge in [0.05, 0.1) is 12.1 Å². The van der Waals surface area contributed by atoms with Crippen molar-refractivity contribution in [3.63, 3.8) is 0 Å². The van der Waals surface area contributed by atoms with Crippen molar-refractivity contribution in [2.45, 2.75) is 56.3 Å². The van der Waals surface area contributed by atoms with Gasteiger partial charge in [0.2, 0.25) is 5.91 Å². The summed E-state index contributed by atoms with van der Waals surface area (Å²) in [6.45, 7) is 0. The van der Waals surface area contributed by atoms with E-state index in [0.717, 1.165) is 12.8 Å². The summed E-state index contributed by atoms with van der Waals surface area (Å²) < 4.78 is 5.74. The Morgan fingerprint density at radius 3 is 2.64 bits per heavy atom. The molecule has 3 aliphatic heterocycles. The maximum atomic E-state index is 12.6. The number of anilines is 1. The van der Waals surface area contributed by atoms with Gasteiger partial charge in [-0.2, -0.15) is 0 Å². The molecule has 7 heteroatoms. The summed E-state index contributed by atoms with van der Waals surface area (Å²) in [6.07, 6.45) is 3.73. The number of ether oxygens (including phenoxy) is 1. The smallest absolute Gasteiger partial charge is 0.266 e. The van der Waals surface area contributed by atoms with Crippen LogP contribution in [0.3, 0.4) is 0 Å². The number of nitrogens with zero attached hydrogens (tertiary/aromatic N) is 1. The van der Waals surface area contributed by atoms with Gasteiger partial charge in [0.15, 0.2) is 6.10 Å². The number of carbonyl (C=O) groups is 2. The van der Waals surface area contributed by atoms with E-state index in [9.17, 15) is 9.59 Å². The first-order valence-electron chi connectivity index (χ1n) is 8.68. The van der Waals surface area contributed by atoms with Crippen molar-refractivity contribution in [2.75, 3.05) is 12.4 Å². The van der Waals surface area contributed by atoms with Gasteiger partial charge in [0.1, 0.15) is 5.75 Å². The summed E-state index contributed by atoms with van der Waals surface area (Å²) in [5.41, 5.74) is 0.662. The minimum absolute atomic E-state index is 0. The van der Waals surface area contributed by atoms with Gasteiger partial charge >= 0.3 is 0 Å². The van der Waals surface area contributed by atoms with Crippen molar-refractivity contribution >= 4 is 29.9 Å². The number of hydrogen-bond acceptors (Lipinski definition) is 4. The largest absolute Gasteiger partial charge is 0.478 e. The zero-order chi connectivity index (χ0) is 16.7. The number of hydrogen-bond donors (Lipinski definition) is 2. The van der Waals surface area contributed by atoms with E-state index in [-0.39, 0.29) is 36.7 Å². The Balaban J connectivity index is 0.00000182. The molecule has 0 aromatic heterocycles. The van der Waals surface area contributed by atoms with Crippen LogP contribution in [0.15, 0.2) is 24.3 Å². The third-order valence-corrected chi connectivity index (χ3v) is 5.46. The van der Waals surface area contributed by atoms with Crippen molar-refractivity contribution < 1.29 is 14.3 Å². The minimum Gasteiger partial charge on any atom is -0.478 e. The van der Waals surface area contributed by atoms with E-state index in [1.165, 1.54) is 12.8 Å². The Kier molecular flexibility index (Phi) is 5.20. The first kappa shape index (κ1) is 18.0. The zero-order valence-electron chi connectivity index (χ0n) is 14.2. The van der Waals surface area contributed by atoms with Crippen molar-refractivity contribution in [1.82, 2.24) is 10.2 Å². The summed E-state index contributed by atoms with van der Waals surface area (Å²) in [6, 6.07) is 8.62. The van der Waals surface area contributed by atoms with Gasteiger partial charge in [-0.1, -0.05) is 12.1 Å². The number of halogens is 1. The lowest BCUT2D eigenvalue weighted by atomic mass is 9.98. The van der Waals surface area contributed by atoms with Crippen molar-refractivity contribution in [3.8, 4) is 5.75 Å². The standard InChI is InChI=1S/C18H23N3O3.ClH/c1-21(13-8-11-6-7-12(9-13)19-11)17(22)10-16-18(23)20-14-4-2-3-5-15(14)24-16;/h2-5,11-13,16,19H,6-10H2,1H3,(H,20,23);1H. The summed E-state index contributed by atoms with van der Waals surface area (Å²) in [5.74, 6) is 0.346. The number of para-hydroxylation sites is 2. The molecule has 3 heterocycles. The SMILES string of the molecule is CN(C(=O)CC1Oc2ccccc2NC1=O)C1CC2CCC(C1)N2.Cl. The molecule has 3 aliphatic rings. The van der Waals surface area contributed by atoms with Crippen LogP contribution in [0.1, 0.15) is 32.1 Å². The molecule has 25 heavy (non-hydrogen) atoms. The van der Waals surface area contributed by atoms with Gasteiger partial charge < -0.3 is 20.3 Å². The molecule has 3 unspecified atom stereocenters. The van der Waals surface area contributed by atoms with Crippen molar-refractivity contribution in [1.29, 1.82) is 0 Å². The molecule has 2 saturated heterocycles. The molecule has 0 saturated carbocycles. The Morgan fingerprint density at radius 2 is 1.92 bits per heavy atom. The highest BCUT2D eigenvalue weighted by Gasteiger charge is 2.38. The average molecular weight is 366 g/mol. The second-order valence-corrected chi connectivity index (χ2v) is 7.06. The molecule has 2 N–H and O–H groups in total. The second-order valence-electron chi connectivity index (χ2n) is 7.06. The Bertz CT molecular complexity index is 657. The zero-order valence-corrected chi connectivity index (χ0v) is 15.1. The molecule has 1 aromatic carbocycles. The number of fused-ring (bicyclic) bond motifs is 3. The number of amides is 2. The van der Waals surface area contributed by atoms with E-state index >= 15 is 0 Å². The van der Waals surface area contributed by atoms with Crippen molar-refractivity contribution in [3.05, 3.63) is 24.3 Å². The van der Waals surface area contributed by atoms with Crippen LogP contribution < -0.4 is 15.4 Å². The molecule has 4 rings (SSSR count). The van der Waals surface area contributed by atoms with E-state index in [2.05, 4.69) is 10.6 Å². The molecule has 0 aliphatic carbocycles. The monoisotopic (exact) mass is 365 g/mol. The average Bonchev–Trinajstić information content (AvgIpc) is 2.92. The van der Waals surface area contributed by atoms with Crippen LogP contribution in [-0.4, -0.2) is 48.0 Å². The van der Waals surface area contributed by atoms with Gasteiger partial charge in [-0.15, -0.1) is 12.4 Å². The van der Waals surface area contributed by atoms with Crippen LogP contribution in [0.2, 0.25) is 0 Å². The second kappa shape index (κ2) is 7.22. The third kappa shape index (κ3) is 3.60. The van der Waals surface area contributed by atoms with Crippen LogP contribution in [-0.2, 0) is 9.59 Å². The molecular weight excluding hydrogens is 342 g/mol. The molecule has 2 fully saturated rings. The summed E-state index contributed by atoms with van der Waals surface area (Å²) >= 11 is 0. The maximum Gasteiger partial charge on any atom is 0.266 e. The molecular formula is C18H24ClN3O3. The van der Waals surface area contributed by atoms with E-state index in [4.69, 9.17) is 4.74 Å². The van der Waals surface area contributed by atoms with Crippen LogP contribution in [0.25, 0.3) is 0 Å². The Labute approximate surface area is 153 Å². The lowest BCUT2D eigenvalue weighted by Gasteiger charge is -2.36. The number of rotatable bonds is 3. The topological polar surface area (TPSA) is 70.7 Å². The minimum atomic E-state index is -0.756. The van der Waals surface area contributed by atoms with Crippen molar-refractivity contribution in [2.24, 2.45) is 0 Å². The highest BCUT2D eigenvalue weighted by atomic mass is 35.5. The van der Waals surface area contributed by atoms with Crippen LogP contribution in [0.5, 0.6) is 5.75 Å². The fourth-order valence-electron chi connectivity index (χ4n) is 4.08. The van der Waals surface area contributed by atoms with E-state index in [1.54, 1.807) is 12.1 Å². The summed E-state index contributed by atoms with van der Waals surface area (Å²) in [5, 5.41) is 6.40. The van der Waals surface area contributed by atoms with Crippen LogP contribution in [0.4, 0.5) is 5.69 Å². The molecule has 3 atom stereocenters. The number of benzene rings is 1. The number of nitrogens with one attached hydrogen (secondary N) is 2. The van der Waals surface area contributed by atoms with E-state index in [1.807, 2.05) is 24.1 Å². The molecule has 1 aromatic rings. The highest BCUT2D eigenvalue weighted by Crippen LogP contribution is 2.31. The quantitative estimate of drug-likeness (QED) is 0.858.